The summed E-state index contributed by atoms with van der Waals surface area (Å²) in [6, 6.07) is 21.1. The average Bonchev–Trinajstić information content (AvgIpc) is 3.11. The summed E-state index contributed by atoms with van der Waals surface area (Å²) in [4.78, 5) is 39.3. The largest absolute Gasteiger partial charge is 0.423 e. The van der Waals surface area contributed by atoms with Crippen molar-refractivity contribution in [2.45, 2.75) is 39.5 Å². The second-order valence-corrected chi connectivity index (χ2v) is 8.87. The molecule has 1 aliphatic rings. The Kier molecular flexibility index (Phi) is 7.86. The summed E-state index contributed by atoms with van der Waals surface area (Å²) in [6.07, 6.45) is 4.01. The first kappa shape index (κ1) is 25.2. The maximum absolute atomic E-state index is 13.0. The van der Waals surface area contributed by atoms with Gasteiger partial charge in [0.15, 0.2) is 0 Å². The summed E-state index contributed by atoms with van der Waals surface area (Å²) in [5, 5.41) is 2.74. The van der Waals surface area contributed by atoms with Crippen LogP contribution in [0.5, 0.6) is 5.75 Å². The van der Waals surface area contributed by atoms with Crippen LogP contribution in [0.25, 0.3) is 0 Å². The van der Waals surface area contributed by atoms with Crippen molar-refractivity contribution >= 4 is 40.8 Å². The molecule has 0 fully saturated rings. The first-order chi connectivity index (χ1) is 17.4. The zero-order chi connectivity index (χ0) is 25.7. The lowest BCUT2D eigenvalue weighted by Gasteiger charge is -2.15. The first-order valence-electron chi connectivity index (χ1n) is 12.0. The van der Waals surface area contributed by atoms with Crippen molar-refractivity contribution in [2.24, 2.45) is 0 Å². The van der Waals surface area contributed by atoms with Crippen LogP contribution in [0.15, 0.2) is 83.5 Å². The molecule has 6 nitrogen and oxygen atoms in total. The van der Waals surface area contributed by atoms with E-state index in [1.165, 1.54) is 0 Å². The van der Waals surface area contributed by atoms with Gasteiger partial charge >= 0.3 is 5.97 Å². The van der Waals surface area contributed by atoms with E-state index in [9.17, 15) is 14.4 Å². The number of carbonyl (C=O) groups is 3. The molecule has 1 aliphatic heterocycles. The van der Waals surface area contributed by atoms with E-state index in [4.69, 9.17) is 16.3 Å². The van der Waals surface area contributed by atoms with E-state index in [-0.39, 0.29) is 10.7 Å². The number of nitrogens with one attached hydrogen (secondary N) is 1. The monoisotopic (exact) mass is 502 g/mol. The second kappa shape index (κ2) is 11.2. The number of ether oxygens (including phenoxy) is 1. The van der Waals surface area contributed by atoms with Crippen molar-refractivity contribution in [2.75, 3.05) is 10.2 Å². The highest BCUT2D eigenvalue weighted by atomic mass is 35.5. The molecule has 1 N–H and O–H groups in total. The predicted octanol–water partition coefficient (Wildman–Crippen LogP) is 6.25. The molecule has 184 valence electrons. The molecule has 0 bridgehead atoms. The van der Waals surface area contributed by atoms with Gasteiger partial charge < -0.3 is 10.1 Å². The molecule has 0 aromatic heterocycles. The number of hydrogen-bond acceptors (Lipinski definition) is 5. The van der Waals surface area contributed by atoms with E-state index in [0.717, 1.165) is 41.7 Å². The third kappa shape index (κ3) is 5.50. The van der Waals surface area contributed by atoms with Crippen LogP contribution in [0.4, 0.5) is 11.4 Å². The van der Waals surface area contributed by atoms with Gasteiger partial charge in [-0.25, -0.2) is 9.69 Å². The molecule has 7 heteroatoms. The van der Waals surface area contributed by atoms with E-state index >= 15 is 0 Å². The molecule has 3 aromatic rings. The van der Waals surface area contributed by atoms with E-state index in [0.29, 0.717) is 22.7 Å². The molecule has 0 unspecified atom stereocenters. The lowest BCUT2D eigenvalue weighted by molar-refractivity contribution is -0.120. The molecule has 0 atom stereocenters. The normalized spacial score (nSPS) is 13.4. The fourth-order valence-electron chi connectivity index (χ4n) is 3.83. The Morgan fingerprint density at radius 3 is 2.11 bits per heavy atom. The summed E-state index contributed by atoms with van der Waals surface area (Å²) in [5.74, 6) is -1.15. The summed E-state index contributed by atoms with van der Waals surface area (Å²) < 4.78 is 5.42. The molecule has 36 heavy (non-hydrogen) atoms. The van der Waals surface area contributed by atoms with Gasteiger partial charge in [-0.3, -0.25) is 9.59 Å². The Labute approximate surface area is 215 Å². The van der Waals surface area contributed by atoms with Crippen LogP contribution in [0.3, 0.4) is 0 Å². The quantitative estimate of drug-likeness (QED) is 0.213. The van der Waals surface area contributed by atoms with Gasteiger partial charge in [-0.1, -0.05) is 56.1 Å². The smallest absolute Gasteiger partial charge is 0.343 e. The van der Waals surface area contributed by atoms with Gasteiger partial charge in [-0.2, -0.15) is 0 Å². The number of benzene rings is 3. The molecule has 0 aliphatic carbocycles. The average molecular weight is 503 g/mol. The molecule has 4 rings (SSSR count). The number of amides is 2. The van der Waals surface area contributed by atoms with Gasteiger partial charge in [0.25, 0.3) is 11.8 Å². The number of halogens is 1. The molecule has 0 radical (unpaired) electrons. The highest BCUT2D eigenvalue weighted by molar-refractivity contribution is 6.53. The summed E-state index contributed by atoms with van der Waals surface area (Å²) >= 11 is 6.24. The van der Waals surface area contributed by atoms with Crippen LogP contribution in [-0.2, 0) is 22.4 Å². The molecular weight excluding hydrogens is 476 g/mol. The minimum absolute atomic E-state index is 0.0110. The van der Waals surface area contributed by atoms with Gasteiger partial charge in [-0.05, 0) is 78.9 Å². The second-order valence-electron chi connectivity index (χ2n) is 8.49. The zero-order valence-electron chi connectivity index (χ0n) is 20.2. The van der Waals surface area contributed by atoms with Gasteiger partial charge in [-0.15, -0.1) is 0 Å². The highest BCUT2D eigenvalue weighted by Crippen LogP contribution is 2.30. The number of carbonyl (C=O) groups excluding carboxylic acids is 3. The fraction of sp³-hybridized carbons (Fsp3) is 0.207. The van der Waals surface area contributed by atoms with E-state index < -0.39 is 17.8 Å². The number of anilines is 2. The SMILES string of the molecule is CCCCc1ccc(N2C(=O)C(Cl)=C(Nc3ccc(C(=O)Oc4ccc(CC)cc4)cc3)C2=O)cc1. The van der Waals surface area contributed by atoms with Crippen LogP contribution in [-0.4, -0.2) is 17.8 Å². The summed E-state index contributed by atoms with van der Waals surface area (Å²) in [6.45, 7) is 4.18. The Morgan fingerprint density at radius 1 is 0.861 bits per heavy atom. The van der Waals surface area contributed by atoms with Gasteiger partial charge in [0.1, 0.15) is 16.5 Å². The predicted molar refractivity (Wildman–Crippen MR) is 141 cm³/mol. The molecule has 0 saturated heterocycles. The molecular formula is C29H27ClN2O4. The van der Waals surface area contributed by atoms with Crippen LogP contribution in [0.1, 0.15) is 48.2 Å². The number of imide groups is 1. The number of esters is 1. The Bertz CT molecular complexity index is 1300. The Hall–Kier alpha value is -3.90. The fourth-order valence-corrected chi connectivity index (χ4v) is 4.04. The Morgan fingerprint density at radius 2 is 1.50 bits per heavy atom. The maximum Gasteiger partial charge on any atom is 0.343 e. The lowest BCUT2D eigenvalue weighted by Crippen LogP contribution is -2.32. The van der Waals surface area contributed by atoms with Crippen molar-refractivity contribution in [1.82, 2.24) is 0 Å². The molecule has 1 heterocycles. The number of aryl methyl sites for hydroxylation is 2. The van der Waals surface area contributed by atoms with E-state index in [1.807, 2.05) is 24.3 Å². The van der Waals surface area contributed by atoms with Crippen molar-refractivity contribution < 1.29 is 19.1 Å². The molecule has 0 spiro atoms. The van der Waals surface area contributed by atoms with Crippen molar-refractivity contribution in [3.8, 4) is 5.75 Å². The number of hydrogen-bond donors (Lipinski definition) is 1. The van der Waals surface area contributed by atoms with Crippen molar-refractivity contribution in [3.63, 3.8) is 0 Å². The third-order valence-electron chi connectivity index (χ3n) is 5.97. The van der Waals surface area contributed by atoms with Crippen LogP contribution in [0, 0.1) is 0 Å². The van der Waals surface area contributed by atoms with Gasteiger partial charge in [0.05, 0.1) is 11.3 Å². The maximum atomic E-state index is 13.0. The molecule has 0 saturated carbocycles. The summed E-state index contributed by atoms with van der Waals surface area (Å²) in [7, 11) is 0. The van der Waals surface area contributed by atoms with E-state index in [1.54, 1.807) is 48.5 Å². The van der Waals surface area contributed by atoms with Crippen LogP contribution in [0.2, 0.25) is 0 Å². The lowest BCUT2D eigenvalue weighted by atomic mass is 10.1. The standard InChI is InChI=1S/C29H27ClN2O4/c1-3-5-6-20-7-15-23(16-8-20)32-27(33)25(30)26(28(32)34)31-22-13-11-21(12-14-22)29(35)36-24-17-9-19(4-2)10-18-24/h7-18,31H,3-6H2,1-2H3. The van der Waals surface area contributed by atoms with Gasteiger partial charge in [0.2, 0.25) is 0 Å². The first-order valence-corrected chi connectivity index (χ1v) is 12.3. The molecule has 3 aromatic carbocycles. The topological polar surface area (TPSA) is 75.7 Å². The van der Waals surface area contributed by atoms with Crippen molar-refractivity contribution in [1.29, 1.82) is 0 Å². The number of unbranched alkanes of at least 4 members (excludes halogenated alkanes) is 1. The van der Waals surface area contributed by atoms with Crippen LogP contribution < -0.4 is 15.0 Å². The molecule has 2 amide bonds. The number of nitrogens with zero attached hydrogens (tertiary/aromatic N) is 1. The Balaban J connectivity index is 1.42. The minimum atomic E-state index is -0.584. The zero-order valence-corrected chi connectivity index (χ0v) is 21.0. The number of rotatable bonds is 9. The third-order valence-corrected chi connectivity index (χ3v) is 6.32. The van der Waals surface area contributed by atoms with Gasteiger partial charge in [0, 0.05) is 5.69 Å². The summed E-state index contributed by atoms with van der Waals surface area (Å²) in [5.41, 5.74) is 3.60. The van der Waals surface area contributed by atoms with Crippen molar-refractivity contribution in [3.05, 3.63) is 100 Å². The van der Waals surface area contributed by atoms with E-state index in [2.05, 4.69) is 19.2 Å². The highest BCUT2D eigenvalue weighted by Gasteiger charge is 2.38. The minimum Gasteiger partial charge on any atom is -0.423 e. The van der Waals surface area contributed by atoms with Crippen LogP contribution >= 0.6 is 11.6 Å².